The number of carbonyl (C=O) groups excluding carboxylic acids is 3. The van der Waals surface area contributed by atoms with Gasteiger partial charge in [-0.1, -0.05) is 298 Å². The van der Waals surface area contributed by atoms with Gasteiger partial charge >= 0.3 is 17.9 Å². The molecule has 3 atom stereocenters. The van der Waals surface area contributed by atoms with Crippen LogP contribution in [0.15, 0.2) is 0 Å². The van der Waals surface area contributed by atoms with E-state index in [1.54, 1.807) is 0 Å². The molecule has 6 heteroatoms. The molecule has 0 radical (unpaired) electrons. The zero-order valence-corrected chi connectivity index (χ0v) is 46.2. The van der Waals surface area contributed by atoms with Crippen LogP contribution in [0.4, 0.5) is 0 Å². The molecule has 0 fully saturated rings. The largest absolute Gasteiger partial charge is 0.462 e. The molecule has 6 nitrogen and oxygen atoms in total. The quantitative estimate of drug-likeness (QED) is 0.0343. The molecule has 0 rings (SSSR count). The third-order valence-corrected chi connectivity index (χ3v) is 14.6. The van der Waals surface area contributed by atoms with Crippen molar-refractivity contribution in [3.05, 3.63) is 0 Å². The van der Waals surface area contributed by atoms with Crippen molar-refractivity contribution in [2.45, 2.75) is 343 Å². The molecule has 0 amide bonds. The molecule has 0 aromatic heterocycles. The standard InChI is InChI=1S/C61H118O6/c1-7-56(5)48-42-36-30-24-18-14-10-12-16-20-28-34-40-46-52-61(64)67-58(54-66-60(63)51-45-39-33-27-22-21-25-31-37-43-49-57(6)8-2)53-65-59(62)50-44-38-32-26-19-15-11-9-13-17-23-29-35-41-47-55(3)4/h55-58H,7-54H2,1-6H3/t56?,57?,58-/m1/s1. The first-order valence-electron chi connectivity index (χ1n) is 30.2. The van der Waals surface area contributed by atoms with Gasteiger partial charge < -0.3 is 14.2 Å². The van der Waals surface area contributed by atoms with Crippen LogP contribution in [0, 0.1) is 17.8 Å². The molecular weight excluding hydrogens is 829 g/mol. The van der Waals surface area contributed by atoms with Crippen molar-refractivity contribution in [3.8, 4) is 0 Å². The van der Waals surface area contributed by atoms with Crippen LogP contribution < -0.4 is 0 Å². The molecule has 0 aliphatic carbocycles. The highest BCUT2D eigenvalue weighted by Gasteiger charge is 2.19. The predicted octanol–water partition coefficient (Wildman–Crippen LogP) is 19.9. The topological polar surface area (TPSA) is 78.9 Å². The molecule has 67 heavy (non-hydrogen) atoms. The second-order valence-electron chi connectivity index (χ2n) is 21.9. The van der Waals surface area contributed by atoms with E-state index in [2.05, 4.69) is 41.5 Å². The normalized spacial score (nSPS) is 12.9. The lowest BCUT2D eigenvalue weighted by atomic mass is 9.99. The van der Waals surface area contributed by atoms with Crippen molar-refractivity contribution in [1.82, 2.24) is 0 Å². The third-order valence-electron chi connectivity index (χ3n) is 14.6. The Morgan fingerprint density at radius 3 is 0.776 bits per heavy atom. The second-order valence-corrected chi connectivity index (χ2v) is 21.9. The van der Waals surface area contributed by atoms with Crippen LogP contribution in [0.3, 0.4) is 0 Å². The maximum Gasteiger partial charge on any atom is 0.306 e. The van der Waals surface area contributed by atoms with Gasteiger partial charge in [0.15, 0.2) is 6.10 Å². The van der Waals surface area contributed by atoms with Gasteiger partial charge in [0.05, 0.1) is 0 Å². The highest BCUT2D eigenvalue weighted by Crippen LogP contribution is 2.19. The highest BCUT2D eigenvalue weighted by atomic mass is 16.6. The van der Waals surface area contributed by atoms with Crippen LogP contribution in [0.1, 0.15) is 337 Å². The molecule has 0 saturated heterocycles. The van der Waals surface area contributed by atoms with E-state index in [1.165, 1.54) is 218 Å². The third kappa shape index (κ3) is 52.1. The van der Waals surface area contributed by atoms with Crippen molar-refractivity contribution in [1.29, 1.82) is 0 Å². The number of unbranched alkanes of at least 4 members (excludes halogenated alkanes) is 35. The number of hydrogen-bond acceptors (Lipinski definition) is 6. The number of esters is 3. The summed E-state index contributed by atoms with van der Waals surface area (Å²) in [7, 11) is 0. The highest BCUT2D eigenvalue weighted by molar-refractivity contribution is 5.71. The molecule has 0 saturated carbocycles. The van der Waals surface area contributed by atoms with E-state index >= 15 is 0 Å². The van der Waals surface area contributed by atoms with Crippen LogP contribution in [-0.2, 0) is 28.6 Å². The van der Waals surface area contributed by atoms with E-state index in [0.717, 1.165) is 75.5 Å². The zero-order valence-electron chi connectivity index (χ0n) is 46.2. The Hall–Kier alpha value is -1.59. The molecule has 2 unspecified atom stereocenters. The maximum absolute atomic E-state index is 12.9. The van der Waals surface area contributed by atoms with Gasteiger partial charge in [-0.2, -0.15) is 0 Å². The van der Waals surface area contributed by atoms with Crippen molar-refractivity contribution in [3.63, 3.8) is 0 Å². The van der Waals surface area contributed by atoms with E-state index in [4.69, 9.17) is 14.2 Å². The van der Waals surface area contributed by atoms with Gasteiger partial charge in [-0.3, -0.25) is 14.4 Å². The van der Waals surface area contributed by atoms with Gasteiger partial charge in [-0.15, -0.1) is 0 Å². The molecule has 0 bridgehead atoms. The zero-order chi connectivity index (χ0) is 49.1. The first-order chi connectivity index (χ1) is 32.7. The van der Waals surface area contributed by atoms with Crippen molar-refractivity contribution >= 4 is 17.9 Å². The summed E-state index contributed by atoms with van der Waals surface area (Å²) in [5.74, 6) is 1.77. The Bertz CT molecular complexity index is 1040. The molecule has 0 aromatic rings. The lowest BCUT2D eigenvalue weighted by Gasteiger charge is -2.18. The molecule has 0 heterocycles. The van der Waals surface area contributed by atoms with Gasteiger partial charge in [0.2, 0.25) is 0 Å². The molecule has 0 spiro atoms. The van der Waals surface area contributed by atoms with Gasteiger partial charge in [0.25, 0.3) is 0 Å². The van der Waals surface area contributed by atoms with E-state index in [-0.39, 0.29) is 31.1 Å². The monoisotopic (exact) mass is 947 g/mol. The molecule has 0 aliphatic rings. The van der Waals surface area contributed by atoms with Crippen LogP contribution >= 0.6 is 0 Å². The summed E-state index contributed by atoms with van der Waals surface area (Å²) < 4.78 is 16.9. The minimum Gasteiger partial charge on any atom is -0.462 e. The fraction of sp³-hybridized carbons (Fsp3) is 0.951. The summed E-state index contributed by atoms with van der Waals surface area (Å²) in [4.78, 5) is 38.2. The van der Waals surface area contributed by atoms with Crippen molar-refractivity contribution in [2.75, 3.05) is 13.2 Å². The lowest BCUT2D eigenvalue weighted by Crippen LogP contribution is -2.30. The summed E-state index contributed by atoms with van der Waals surface area (Å²) in [6, 6.07) is 0. The van der Waals surface area contributed by atoms with Gasteiger partial charge in [-0.05, 0) is 37.0 Å². The number of ether oxygens (including phenoxy) is 3. The summed E-state index contributed by atoms with van der Waals surface area (Å²) in [6.07, 6.45) is 55.1. The summed E-state index contributed by atoms with van der Waals surface area (Å²) in [5.41, 5.74) is 0. The summed E-state index contributed by atoms with van der Waals surface area (Å²) in [6.45, 7) is 13.8. The molecule has 0 aromatic carbocycles. The summed E-state index contributed by atoms with van der Waals surface area (Å²) >= 11 is 0. The fourth-order valence-electron chi connectivity index (χ4n) is 9.29. The van der Waals surface area contributed by atoms with Crippen LogP contribution in [0.2, 0.25) is 0 Å². The Labute approximate surface area is 418 Å². The molecule has 0 N–H and O–H groups in total. The molecular formula is C61H118O6. The maximum atomic E-state index is 12.9. The predicted molar refractivity (Wildman–Crippen MR) is 289 cm³/mol. The van der Waals surface area contributed by atoms with Crippen LogP contribution in [0.5, 0.6) is 0 Å². The Morgan fingerprint density at radius 1 is 0.299 bits per heavy atom. The van der Waals surface area contributed by atoms with Crippen molar-refractivity contribution < 1.29 is 28.6 Å². The van der Waals surface area contributed by atoms with E-state index in [9.17, 15) is 14.4 Å². The second kappa shape index (κ2) is 52.2. The molecule has 398 valence electrons. The van der Waals surface area contributed by atoms with E-state index < -0.39 is 6.10 Å². The Morgan fingerprint density at radius 2 is 0.522 bits per heavy atom. The Balaban J connectivity index is 4.31. The summed E-state index contributed by atoms with van der Waals surface area (Å²) in [5, 5.41) is 0. The lowest BCUT2D eigenvalue weighted by molar-refractivity contribution is -0.167. The van der Waals surface area contributed by atoms with Crippen LogP contribution in [-0.4, -0.2) is 37.2 Å². The van der Waals surface area contributed by atoms with E-state index in [1.807, 2.05) is 0 Å². The van der Waals surface area contributed by atoms with Crippen LogP contribution in [0.25, 0.3) is 0 Å². The Kier molecular flexibility index (Phi) is 51.0. The molecule has 0 aliphatic heterocycles. The smallest absolute Gasteiger partial charge is 0.306 e. The first-order valence-corrected chi connectivity index (χ1v) is 30.2. The minimum absolute atomic E-state index is 0.0633. The minimum atomic E-state index is -0.764. The number of rotatable bonds is 54. The van der Waals surface area contributed by atoms with Gasteiger partial charge in [0, 0.05) is 19.3 Å². The average Bonchev–Trinajstić information content (AvgIpc) is 3.31. The number of carbonyl (C=O) groups is 3. The van der Waals surface area contributed by atoms with Crippen molar-refractivity contribution in [2.24, 2.45) is 17.8 Å². The van der Waals surface area contributed by atoms with Gasteiger partial charge in [-0.25, -0.2) is 0 Å². The van der Waals surface area contributed by atoms with E-state index in [0.29, 0.717) is 19.3 Å². The fourth-order valence-corrected chi connectivity index (χ4v) is 9.29. The number of hydrogen-bond donors (Lipinski definition) is 0. The SMILES string of the molecule is CCC(C)CCCCCCCCCCCCCCCCC(=O)O[C@H](COC(=O)CCCCCCCCCCCCCCCCC(C)C)COC(=O)CCCCCCCCCCCCC(C)CC. The van der Waals surface area contributed by atoms with Gasteiger partial charge in [0.1, 0.15) is 13.2 Å². The average molecular weight is 948 g/mol. The first kappa shape index (κ1) is 65.4.